The van der Waals surface area contributed by atoms with Crippen molar-refractivity contribution in [3.05, 3.63) is 0 Å². The molecule has 0 saturated heterocycles. The standard InChI is InChI=1S/C20H40N2/c1-5-6-16-20(3,4)21-17(2)22(19-14-10-11-15-19)18-12-8-7-9-13-18/h17-19,21H,5-16H2,1-4H3. The molecular formula is C20H40N2. The molecule has 0 amide bonds. The summed E-state index contributed by atoms with van der Waals surface area (Å²) in [6, 6.07) is 1.67. The maximum absolute atomic E-state index is 3.99. The molecule has 0 bridgehead atoms. The van der Waals surface area contributed by atoms with Crippen LogP contribution in [0.5, 0.6) is 0 Å². The molecule has 0 spiro atoms. The van der Waals surface area contributed by atoms with Crippen LogP contribution in [0, 0.1) is 0 Å². The first-order valence-electron chi connectivity index (χ1n) is 10.1. The van der Waals surface area contributed by atoms with Gasteiger partial charge in [0.15, 0.2) is 0 Å². The zero-order valence-electron chi connectivity index (χ0n) is 15.7. The number of nitrogens with one attached hydrogen (secondary N) is 1. The van der Waals surface area contributed by atoms with Crippen LogP contribution in [-0.4, -0.2) is 28.7 Å². The molecule has 2 fully saturated rings. The Morgan fingerprint density at radius 2 is 1.45 bits per heavy atom. The topological polar surface area (TPSA) is 15.3 Å². The highest BCUT2D eigenvalue weighted by Crippen LogP contribution is 2.32. The summed E-state index contributed by atoms with van der Waals surface area (Å²) in [5, 5.41) is 3.99. The van der Waals surface area contributed by atoms with E-state index in [2.05, 4.69) is 37.9 Å². The third kappa shape index (κ3) is 5.23. The molecule has 1 unspecified atom stereocenters. The summed E-state index contributed by atoms with van der Waals surface area (Å²) >= 11 is 0. The molecule has 2 heteroatoms. The first-order valence-corrected chi connectivity index (χ1v) is 10.1. The zero-order chi connectivity index (χ0) is 16.0. The van der Waals surface area contributed by atoms with Gasteiger partial charge in [-0.3, -0.25) is 10.2 Å². The Morgan fingerprint density at radius 3 is 1.95 bits per heavy atom. The van der Waals surface area contributed by atoms with Crippen molar-refractivity contribution in [2.24, 2.45) is 0 Å². The van der Waals surface area contributed by atoms with Gasteiger partial charge in [-0.2, -0.15) is 0 Å². The van der Waals surface area contributed by atoms with Crippen LogP contribution >= 0.6 is 0 Å². The Bertz CT molecular complexity index is 301. The first-order chi connectivity index (χ1) is 10.5. The van der Waals surface area contributed by atoms with Crippen molar-refractivity contribution in [1.29, 1.82) is 0 Å². The number of unbranched alkanes of at least 4 members (excludes halogenated alkanes) is 1. The summed E-state index contributed by atoms with van der Waals surface area (Å²) in [4.78, 5) is 2.90. The second-order valence-corrected chi connectivity index (χ2v) is 8.49. The summed E-state index contributed by atoms with van der Waals surface area (Å²) in [5.41, 5.74) is 0.265. The normalized spacial score (nSPS) is 23.3. The van der Waals surface area contributed by atoms with Gasteiger partial charge in [0.05, 0.1) is 6.17 Å². The summed E-state index contributed by atoms with van der Waals surface area (Å²) in [6.07, 6.45) is 17.4. The van der Waals surface area contributed by atoms with Crippen molar-refractivity contribution in [3.8, 4) is 0 Å². The fourth-order valence-corrected chi connectivity index (χ4v) is 4.84. The fraction of sp³-hybridized carbons (Fsp3) is 1.00. The van der Waals surface area contributed by atoms with Crippen LogP contribution < -0.4 is 5.32 Å². The van der Waals surface area contributed by atoms with Crippen LogP contribution in [0.4, 0.5) is 0 Å². The molecule has 1 N–H and O–H groups in total. The van der Waals surface area contributed by atoms with Gasteiger partial charge >= 0.3 is 0 Å². The molecule has 2 rings (SSSR count). The van der Waals surface area contributed by atoms with Crippen LogP contribution in [0.3, 0.4) is 0 Å². The van der Waals surface area contributed by atoms with Gasteiger partial charge in [0.2, 0.25) is 0 Å². The Hall–Kier alpha value is -0.0800. The molecule has 0 aliphatic heterocycles. The molecule has 0 radical (unpaired) electrons. The highest BCUT2D eigenvalue weighted by molar-refractivity contribution is 4.90. The Balaban J connectivity index is 1.99. The van der Waals surface area contributed by atoms with Crippen LogP contribution in [0.1, 0.15) is 105 Å². The van der Waals surface area contributed by atoms with Crippen molar-refractivity contribution in [1.82, 2.24) is 10.2 Å². The van der Waals surface area contributed by atoms with E-state index < -0.39 is 0 Å². The van der Waals surface area contributed by atoms with E-state index in [4.69, 9.17) is 0 Å². The van der Waals surface area contributed by atoms with E-state index in [0.717, 1.165) is 12.1 Å². The molecule has 0 aromatic rings. The number of nitrogens with zero attached hydrogens (tertiary/aromatic N) is 1. The lowest BCUT2D eigenvalue weighted by Gasteiger charge is -2.45. The Morgan fingerprint density at radius 1 is 0.955 bits per heavy atom. The van der Waals surface area contributed by atoms with E-state index in [9.17, 15) is 0 Å². The van der Waals surface area contributed by atoms with Crippen molar-refractivity contribution in [2.45, 2.75) is 129 Å². The fourth-order valence-electron chi connectivity index (χ4n) is 4.84. The molecule has 1 atom stereocenters. The van der Waals surface area contributed by atoms with Gasteiger partial charge in [-0.1, -0.05) is 51.9 Å². The van der Waals surface area contributed by atoms with E-state index in [-0.39, 0.29) is 5.54 Å². The minimum absolute atomic E-state index is 0.265. The average Bonchev–Trinajstić information content (AvgIpc) is 3.00. The third-order valence-electron chi connectivity index (χ3n) is 5.94. The first kappa shape index (κ1) is 18.3. The van der Waals surface area contributed by atoms with E-state index in [1.165, 1.54) is 77.0 Å². The van der Waals surface area contributed by atoms with Crippen molar-refractivity contribution >= 4 is 0 Å². The van der Waals surface area contributed by atoms with Gasteiger partial charge in [-0.05, 0) is 52.9 Å². The van der Waals surface area contributed by atoms with E-state index in [1.54, 1.807) is 0 Å². The van der Waals surface area contributed by atoms with Gasteiger partial charge in [0, 0.05) is 17.6 Å². The Kier molecular flexibility index (Phi) is 7.21. The molecule has 2 saturated carbocycles. The van der Waals surface area contributed by atoms with Crippen LogP contribution in [0.15, 0.2) is 0 Å². The van der Waals surface area contributed by atoms with Crippen molar-refractivity contribution < 1.29 is 0 Å². The molecule has 0 aromatic heterocycles. The highest BCUT2D eigenvalue weighted by atomic mass is 15.3. The van der Waals surface area contributed by atoms with Gasteiger partial charge in [-0.25, -0.2) is 0 Å². The molecule has 0 aromatic carbocycles. The lowest BCUT2D eigenvalue weighted by Crippen LogP contribution is -2.58. The smallest absolute Gasteiger partial charge is 0.0577 e. The van der Waals surface area contributed by atoms with Crippen LogP contribution in [0.2, 0.25) is 0 Å². The molecule has 22 heavy (non-hydrogen) atoms. The van der Waals surface area contributed by atoms with Crippen LogP contribution in [-0.2, 0) is 0 Å². The largest absolute Gasteiger partial charge is 0.297 e. The van der Waals surface area contributed by atoms with Gasteiger partial charge in [0.1, 0.15) is 0 Å². The zero-order valence-corrected chi connectivity index (χ0v) is 15.7. The number of hydrogen-bond donors (Lipinski definition) is 1. The van der Waals surface area contributed by atoms with E-state index in [0.29, 0.717) is 6.17 Å². The summed E-state index contributed by atoms with van der Waals surface area (Å²) in [6.45, 7) is 9.52. The average molecular weight is 309 g/mol. The maximum atomic E-state index is 3.99. The monoisotopic (exact) mass is 308 g/mol. The molecule has 2 aliphatic rings. The second-order valence-electron chi connectivity index (χ2n) is 8.49. The summed E-state index contributed by atoms with van der Waals surface area (Å²) in [5.74, 6) is 0. The lowest BCUT2D eigenvalue weighted by atomic mass is 9.91. The third-order valence-corrected chi connectivity index (χ3v) is 5.94. The molecule has 0 heterocycles. The minimum atomic E-state index is 0.265. The minimum Gasteiger partial charge on any atom is -0.297 e. The SMILES string of the molecule is CCCCC(C)(C)NC(C)N(C1CCCCC1)C1CCCC1. The summed E-state index contributed by atoms with van der Waals surface area (Å²) in [7, 11) is 0. The number of hydrogen-bond acceptors (Lipinski definition) is 2. The van der Waals surface area contributed by atoms with E-state index >= 15 is 0 Å². The molecule has 130 valence electrons. The lowest BCUT2D eigenvalue weighted by molar-refractivity contribution is 0.0344. The van der Waals surface area contributed by atoms with Gasteiger partial charge in [-0.15, -0.1) is 0 Å². The van der Waals surface area contributed by atoms with Crippen LogP contribution in [0.25, 0.3) is 0 Å². The highest BCUT2D eigenvalue weighted by Gasteiger charge is 2.34. The molecule has 2 aliphatic carbocycles. The van der Waals surface area contributed by atoms with Gasteiger partial charge < -0.3 is 0 Å². The molecular weight excluding hydrogens is 268 g/mol. The van der Waals surface area contributed by atoms with Gasteiger partial charge in [0.25, 0.3) is 0 Å². The quantitative estimate of drug-likeness (QED) is 0.598. The predicted molar refractivity (Wildman–Crippen MR) is 97.2 cm³/mol. The van der Waals surface area contributed by atoms with E-state index in [1.807, 2.05) is 0 Å². The maximum Gasteiger partial charge on any atom is 0.0577 e. The summed E-state index contributed by atoms with van der Waals surface area (Å²) < 4.78 is 0. The van der Waals surface area contributed by atoms with Crippen molar-refractivity contribution in [3.63, 3.8) is 0 Å². The number of rotatable bonds is 8. The Labute approximate surface area is 139 Å². The predicted octanol–water partition coefficient (Wildman–Crippen LogP) is 5.47. The molecule has 2 nitrogen and oxygen atoms in total. The second kappa shape index (κ2) is 8.68. The van der Waals surface area contributed by atoms with Crippen molar-refractivity contribution in [2.75, 3.05) is 0 Å².